The molecule has 2 aromatic carbocycles. The number of imidazole rings is 1. The van der Waals surface area contributed by atoms with Gasteiger partial charge in [0.1, 0.15) is 0 Å². The molecular weight excluding hydrogens is 480 g/mol. The van der Waals surface area contributed by atoms with E-state index in [1.54, 1.807) is 36.9 Å². The van der Waals surface area contributed by atoms with Crippen molar-refractivity contribution in [2.24, 2.45) is 10.7 Å². The first-order valence-corrected chi connectivity index (χ1v) is 13.0. The number of benzene rings is 1. The standard InChI is InChI=1S/C25H22N6O2S2/c1-27-11-19(10-26)18-9-22-23(28-12-18)5-4-17-3-2-16(8-21(17)24(22)32)15-35(33)29-13-20-14-31-6-7-34-25(31)30-20/h2-12,14,29H,13,15,26H2,1H3. The molecule has 0 fully saturated rings. The quantitative estimate of drug-likeness (QED) is 0.260. The number of hydrogen-bond acceptors (Lipinski definition) is 8. The normalized spacial score (nSPS) is 13.4. The van der Waals surface area contributed by atoms with Gasteiger partial charge in [-0.1, -0.05) is 18.2 Å². The summed E-state index contributed by atoms with van der Waals surface area (Å²) in [5.41, 5.74) is 9.20. The van der Waals surface area contributed by atoms with Crippen molar-refractivity contribution in [3.63, 3.8) is 0 Å². The van der Waals surface area contributed by atoms with Gasteiger partial charge in [-0.05, 0) is 23.6 Å². The van der Waals surface area contributed by atoms with Gasteiger partial charge in [0.2, 0.25) is 0 Å². The van der Waals surface area contributed by atoms with Crippen LogP contribution in [0.3, 0.4) is 0 Å². The number of nitrogens with two attached hydrogens (primary N) is 1. The molecule has 1 unspecified atom stereocenters. The molecule has 0 spiro atoms. The fourth-order valence-electron chi connectivity index (χ4n) is 3.87. The van der Waals surface area contributed by atoms with E-state index in [0.29, 0.717) is 34.0 Å². The van der Waals surface area contributed by atoms with Gasteiger partial charge in [-0.2, -0.15) is 0 Å². The fraction of sp³-hybridized carbons (Fsp3) is 0.120. The van der Waals surface area contributed by atoms with Gasteiger partial charge in [0.15, 0.2) is 16.1 Å². The highest BCUT2D eigenvalue weighted by Crippen LogP contribution is 2.20. The summed E-state index contributed by atoms with van der Waals surface area (Å²) in [5, 5.41) is 3.79. The highest BCUT2D eigenvalue weighted by Gasteiger charge is 2.13. The first-order chi connectivity index (χ1) is 17.1. The van der Waals surface area contributed by atoms with E-state index in [9.17, 15) is 9.35 Å². The molecule has 0 aliphatic rings. The van der Waals surface area contributed by atoms with Crippen molar-refractivity contribution in [1.82, 2.24) is 19.1 Å². The van der Waals surface area contributed by atoms with Crippen LogP contribution in [0.5, 0.6) is 0 Å². The number of allylic oxidation sites excluding steroid dienone is 1. The summed E-state index contributed by atoms with van der Waals surface area (Å²) in [7, 11) is 1.66. The van der Waals surface area contributed by atoms with Gasteiger partial charge >= 0.3 is 0 Å². The van der Waals surface area contributed by atoms with Gasteiger partial charge in [-0.25, -0.2) is 4.98 Å². The molecule has 0 saturated heterocycles. The van der Waals surface area contributed by atoms with Crippen molar-refractivity contribution in [1.29, 1.82) is 0 Å². The zero-order valence-corrected chi connectivity index (χ0v) is 20.5. The molecule has 1 atom stereocenters. The third kappa shape index (κ3) is 4.82. The summed E-state index contributed by atoms with van der Waals surface area (Å²) in [5.74, 6) is 0.269. The van der Waals surface area contributed by atoms with Crippen molar-refractivity contribution in [3.05, 3.63) is 93.6 Å². The van der Waals surface area contributed by atoms with Crippen LogP contribution in [0.15, 0.2) is 76.4 Å². The van der Waals surface area contributed by atoms with Gasteiger partial charge in [0.25, 0.3) is 0 Å². The van der Waals surface area contributed by atoms with Crippen LogP contribution in [-0.4, -0.2) is 32.2 Å². The van der Waals surface area contributed by atoms with Crippen molar-refractivity contribution >= 4 is 61.1 Å². The molecule has 0 amide bonds. The topological polar surface area (TPSA) is 121 Å². The molecule has 176 valence electrons. The van der Waals surface area contributed by atoms with Gasteiger partial charge < -0.3 is 10.3 Å². The maximum atomic E-state index is 13.5. The summed E-state index contributed by atoms with van der Waals surface area (Å²) in [6.07, 6.45) is 8.60. The molecule has 5 aromatic rings. The maximum absolute atomic E-state index is 13.5. The smallest absolute Gasteiger partial charge is 0.195 e. The molecule has 10 heteroatoms. The Morgan fingerprint density at radius 3 is 2.94 bits per heavy atom. The van der Waals surface area contributed by atoms with E-state index in [4.69, 9.17) is 5.73 Å². The molecule has 3 heterocycles. The van der Waals surface area contributed by atoms with Crippen LogP contribution in [0.4, 0.5) is 0 Å². The molecule has 0 saturated carbocycles. The second kappa shape index (κ2) is 9.96. The van der Waals surface area contributed by atoms with Crippen LogP contribution in [-0.2, 0) is 23.7 Å². The predicted octanol–water partition coefficient (Wildman–Crippen LogP) is 3.41. The van der Waals surface area contributed by atoms with Crippen LogP contribution in [0.25, 0.3) is 32.2 Å². The molecular formula is C25H22N6O2S2. The number of rotatable bonds is 7. The first-order valence-electron chi connectivity index (χ1n) is 10.8. The van der Waals surface area contributed by atoms with E-state index in [0.717, 1.165) is 21.6 Å². The van der Waals surface area contributed by atoms with Crippen LogP contribution in [0, 0.1) is 0 Å². The Balaban J connectivity index is 1.43. The van der Waals surface area contributed by atoms with Gasteiger partial charge in [0, 0.05) is 82.3 Å². The van der Waals surface area contributed by atoms with Gasteiger partial charge in [-0.15, -0.1) is 16.1 Å². The molecule has 5 rings (SSSR count). The monoisotopic (exact) mass is 502 g/mol. The number of hydrogen-bond donors (Lipinski definition) is 2. The Bertz CT molecular complexity index is 1630. The average Bonchev–Trinajstić information content (AvgIpc) is 3.43. The summed E-state index contributed by atoms with van der Waals surface area (Å²) in [4.78, 5) is 27.4. The number of aliphatic imine (C=N–C) groups is 1. The second-order valence-electron chi connectivity index (χ2n) is 7.89. The van der Waals surface area contributed by atoms with Crippen molar-refractivity contribution < 1.29 is 4.55 Å². The molecule has 35 heavy (non-hydrogen) atoms. The molecule has 3 aromatic heterocycles. The molecule has 8 nitrogen and oxygen atoms in total. The Hall–Kier alpha value is -3.57. The Kier molecular flexibility index (Phi) is 6.60. The molecule has 0 aliphatic carbocycles. The number of aromatic nitrogens is 3. The maximum Gasteiger partial charge on any atom is 0.195 e. The molecule has 0 bridgehead atoms. The Labute approximate surface area is 208 Å². The van der Waals surface area contributed by atoms with E-state index in [2.05, 4.69) is 19.7 Å². The average molecular weight is 503 g/mol. The SMILES string of the molecule is CN=CC(=CN)c1cnc2ccc3ccc(C[S+]([O-])NCc4cn5ccsc5n4)cc3c(=O)c2c1. The van der Waals surface area contributed by atoms with E-state index in [1.165, 1.54) is 6.20 Å². The number of thiazole rings is 1. The summed E-state index contributed by atoms with van der Waals surface area (Å²) in [6.45, 7) is 0.396. The van der Waals surface area contributed by atoms with E-state index in [-0.39, 0.29) is 11.2 Å². The third-order valence-electron chi connectivity index (χ3n) is 5.58. The second-order valence-corrected chi connectivity index (χ2v) is 10.0. The summed E-state index contributed by atoms with van der Waals surface area (Å²) in [6, 6.07) is 11.1. The number of fused-ring (bicyclic) bond motifs is 3. The van der Waals surface area contributed by atoms with E-state index < -0.39 is 11.4 Å². The molecule has 0 aliphatic heterocycles. The summed E-state index contributed by atoms with van der Waals surface area (Å²) < 4.78 is 17.7. The summed E-state index contributed by atoms with van der Waals surface area (Å²) >= 11 is 0.222. The van der Waals surface area contributed by atoms with Gasteiger partial charge in [0.05, 0.1) is 17.8 Å². The minimum atomic E-state index is -1.33. The highest BCUT2D eigenvalue weighted by atomic mass is 32.2. The predicted molar refractivity (Wildman–Crippen MR) is 144 cm³/mol. The van der Waals surface area contributed by atoms with Gasteiger partial charge in [-0.3, -0.25) is 19.2 Å². The van der Waals surface area contributed by atoms with Crippen LogP contribution in [0.2, 0.25) is 0 Å². The fourth-order valence-corrected chi connectivity index (χ4v) is 5.48. The molecule has 3 N–H and O–H groups in total. The van der Waals surface area contributed by atoms with Crippen molar-refractivity contribution in [2.45, 2.75) is 12.3 Å². The third-order valence-corrected chi connectivity index (χ3v) is 7.42. The van der Waals surface area contributed by atoms with Crippen LogP contribution in [0.1, 0.15) is 16.8 Å². The zero-order chi connectivity index (χ0) is 24.4. The Morgan fingerprint density at radius 1 is 1.29 bits per heavy atom. The highest BCUT2D eigenvalue weighted by molar-refractivity contribution is 7.88. The molecule has 0 radical (unpaired) electrons. The number of pyridine rings is 1. The van der Waals surface area contributed by atoms with E-state index in [1.807, 2.05) is 52.5 Å². The lowest BCUT2D eigenvalue weighted by molar-refractivity contribution is 0.579. The van der Waals surface area contributed by atoms with Crippen LogP contribution < -0.4 is 15.9 Å². The lowest BCUT2D eigenvalue weighted by Gasteiger charge is -2.10. The first kappa shape index (κ1) is 23.2. The van der Waals surface area contributed by atoms with E-state index >= 15 is 0 Å². The van der Waals surface area contributed by atoms with Crippen molar-refractivity contribution in [2.75, 3.05) is 7.05 Å². The lowest BCUT2D eigenvalue weighted by Crippen LogP contribution is -2.25. The number of nitrogens with zero attached hydrogens (tertiary/aromatic N) is 4. The largest absolute Gasteiger partial charge is 0.598 e. The number of nitrogens with one attached hydrogen (secondary N) is 1. The Morgan fingerprint density at radius 2 is 2.14 bits per heavy atom. The lowest BCUT2D eigenvalue weighted by atomic mass is 10.1. The van der Waals surface area contributed by atoms with Crippen molar-refractivity contribution in [3.8, 4) is 0 Å². The minimum absolute atomic E-state index is 0.141. The minimum Gasteiger partial charge on any atom is -0.598 e. The zero-order valence-electron chi connectivity index (χ0n) is 18.8. The van der Waals surface area contributed by atoms with Crippen LogP contribution >= 0.6 is 11.3 Å².